The van der Waals surface area contributed by atoms with E-state index in [0.717, 1.165) is 50.2 Å². The molecule has 0 N–H and O–H groups in total. The highest BCUT2D eigenvalue weighted by Crippen LogP contribution is 2.50. The first-order valence-corrected chi connectivity index (χ1v) is 20.4. The summed E-state index contributed by atoms with van der Waals surface area (Å²) in [6, 6.07) is 66.4. The minimum absolute atomic E-state index is 0.140. The van der Waals surface area contributed by atoms with Gasteiger partial charge in [0, 0.05) is 38.2 Å². The first kappa shape index (κ1) is 32.5. The van der Waals surface area contributed by atoms with Crippen molar-refractivity contribution in [1.82, 2.24) is 19.1 Å². The van der Waals surface area contributed by atoms with Gasteiger partial charge >= 0.3 is 0 Å². The van der Waals surface area contributed by atoms with Crippen LogP contribution in [0.3, 0.4) is 0 Å². The Morgan fingerprint density at radius 3 is 1.75 bits per heavy atom. The first-order chi connectivity index (χ1) is 29.0. The van der Waals surface area contributed by atoms with Crippen LogP contribution in [-0.2, 0) is 5.41 Å². The van der Waals surface area contributed by atoms with Gasteiger partial charge in [-0.2, -0.15) is 0 Å². The SMILES string of the molecule is CC1(C)c2ccccc2-c2ccc(-c3nc4ccccc4nc3-n3c4ccccc4c4cc5ccc(-n6c7ccccc7c7cc8ccccc8cc76)cc5cc43)cc21. The molecule has 3 aromatic heterocycles. The lowest BCUT2D eigenvalue weighted by Gasteiger charge is -2.22. The van der Waals surface area contributed by atoms with Crippen LogP contribution in [0.4, 0.5) is 0 Å². The number of fused-ring (bicyclic) bond motifs is 12. The normalized spacial score (nSPS) is 13.4. The minimum Gasteiger partial charge on any atom is -0.309 e. The van der Waals surface area contributed by atoms with Gasteiger partial charge in [-0.1, -0.05) is 129 Å². The third-order valence-corrected chi connectivity index (χ3v) is 13.0. The average Bonchev–Trinajstić information content (AvgIpc) is 3.86. The van der Waals surface area contributed by atoms with Gasteiger partial charge in [0.25, 0.3) is 0 Å². The Kier molecular flexibility index (Phi) is 6.48. The van der Waals surface area contributed by atoms with Crippen LogP contribution in [0.5, 0.6) is 0 Å². The highest BCUT2D eigenvalue weighted by molar-refractivity contribution is 6.16. The number of nitrogens with zero attached hydrogens (tertiary/aromatic N) is 4. The third-order valence-electron chi connectivity index (χ3n) is 13.0. The van der Waals surface area contributed by atoms with E-state index in [0.29, 0.717) is 0 Å². The highest BCUT2D eigenvalue weighted by Gasteiger charge is 2.35. The number of para-hydroxylation sites is 4. The second kappa shape index (κ2) is 11.7. The van der Waals surface area contributed by atoms with Gasteiger partial charge in [0.2, 0.25) is 0 Å². The fourth-order valence-corrected chi connectivity index (χ4v) is 10.2. The minimum atomic E-state index is -0.140. The summed E-state index contributed by atoms with van der Waals surface area (Å²) in [6.45, 7) is 4.67. The van der Waals surface area contributed by atoms with Gasteiger partial charge in [-0.25, -0.2) is 9.97 Å². The lowest BCUT2D eigenvalue weighted by molar-refractivity contribution is 0.660. The maximum Gasteiger partial charge on any atom is 0.165 e. The predicted octanol–water partition coefficient (Wildman–Crippen LogP) is 14.1. The first-order valence-electron chi connectivity index (χ1n) is 20.4. The molecule has 0 radical (unpaired) electrons. The fraction of sp³-hybridized carbons (Fsp3) is 0.0545. The van der Waals surface area contributed by atoms with Gasteiger partial charge in [-0.3, -0.25) is 4.57 Å². The second-order valence-corrected chi connectivity index (χ2v) is 16.6. The van der Waals surface area contributed by atoms with Crippen molar-refractivity contribution in [2.45, 2.75) is 19.3 Å². The van der Waals surface area contributed by atoms with E-state index < -0.39 is 0 Å². The molecule has 13 rings (SSSR count). The molecule has 0 saturated heterocycles. The number of hydrogen-bond acceptors (Lipinski definition) is 2. The van der Waals surface area contributed by atoms with Crippen LogP contribution in [0.2, 0.25) is 0 Å². The van der Waals surface area contributed by atoms with Crippen molar-refractivity contribution in [1.29, 1.82) is 0 Å². The molecule has 1 aliphatic carbocycles. The lowest BCUT2D eigenvalue weighted by atomic mass is 9.82. The maximum atomic E-state index is 5.49. The van der Waals surface area contributed by atoms with Gasteiger partial charge in [-0.15, -0.1) is 0 Å². The quantitative estimate of drug-likeness (QED) is 0.180. The molecule has 0 amide bonds. The summed E-state index contributed by atoms with van der Waals surface area (Å²) in [5.41, 5.74) is 14.6. The molecule has 9 aromatic carbocycles. The molecule has 0 bridgehead atoms. The molecule has 59 heavy (non-hydrogen) atoms. The zero-order chi connectivity index (χ0) is 39.0. The van der Waals surface area contributed by atoms with Crippen LogP contribution in [-0.4, -0.2) is 19.1 Å². The maximum absolute atomic E-state index is 5.49. The van der Waals surface area contributed by atoms with Crippen molar-refractivity contribution < 1.29 is 0 Å². The molecule has 0 unspecified atom stereocenters. The molecular weight excluding hydrogens is 717 g/mol. The Balaban J connectivity index is 1.07. The second-order valence-electron chi connectivity index (χ2n) is 16.6. The van der Waals surface area contributed by atoms with Gasteiger partial charge < -0.3 is 4.57 Å². The molecule has 3 heterocycles. The van der Waals surface area contributed by atoms with Crippen molar-refractivity contribution in [3.8, 4) is 33.9 Å². The molecular formula is C55H36N4. The van der Waals surface area contributed by atoms with Crippen LogP contribution in [0.15, 0.2) is 182 Å². The van der Waals surface area contributed by atoms with Crippen molar-refractivity contribution >= 4 is 76.2 Å². The number of benzene rings is 9. The Labute approximate surface area is 340 Å². The highest BCUT2D eigenvalue weighted by atomic mass is 15.1. The van der Waals surface area contributed by atoms with Crippen LogP contribution >= 0.6 is 0 Å². The van der Waals surface area contributed by atoms with E-state index in [1.807, 2.05) is 12.1 Å². The zero-order valence-corrected chi connectivity index (χ0v) is 32.6. The number of aromatic nitrogens is 4. The fourth-order valence-electron chi connectivity index (χ4n) is 10.2. The smallest absolute Gasteiger partial charge is 0.165 e. The van der Waals surface area contributed by atoms with E-state index in [1.165, 1.54) is 71.0 Å². The Hall–Kier alpha value is -7.56. The molecule has 276 valence electrons. The number of rotatable bonds is 3. The molecule has 0 fully saturated rings. The largest absolute Gasteiger partial charge is 0.309 e. The molecule has 12 aromatic rings. The molecule has 4 heteroatoms. The Morgan fingerprint density at radius 2 is 0.966 bits per heavy atom. The summed E-state index contributed by atoms with van der Waals surface area (Å²) in [7, 11) is 0. The van der Waals surface area contributed by atoms with Crippen molar-refractivity contribution in [3.63, 3.8) is 0 Å². The van der Waals surface area contributed by atoms with Crippen LogP contribution in [0, 0.1) is 0 Å². The molecule has 0 spiro atoms. The zero-order valence-electron chi connectivity index (χ0n) is 32.6. The summed E-state index contributed by atoms with van der Waals surface area (Å²) < 4.78 is 4.78. The standard InChI is InChI=1S/C55H36N4/c1-55(2)45-18-8-5-15-39(45)40-26-24-36(30-46(40)55)53-54(57-48-20-10-9-19-47(48)56-53)59-50-22-12-7-17-42(50)44-29-35-23-25-38(27-37(35)32-52(44)59)58-49-21-11-6-16-41(49)43-28-33-13-3-4-14-34(33)31-51(43)58/h3-32H,1-2H3. The monoisotopic (exact) mass is 752 g/mol. The predicted molar refractivity (Wildman–Crippen MR) is 246 cm³/mol. The summed E-state index contributed by atoms with van der Waals surface area (Å²) in [4.78, 5) is 10.9. The Morgan fingerprint density at radius 1 is 0.390 bits per heavy atom. The molecule has 1 aliphatic rings. The topological polar surface area (TPSA) is 35.6 Å². The van der Waals surface area contributed by atoms with Gasteiger partial charge in [0.1, 0.15) is 5.69 Å². The number of hydrogen-bond donors (Lipinski definition) is 0. The summed E-state index contributed by atoms with van der Waals surface area (Å²) in [6.07, 6.45) is 0. The summed E-state index contributed by atoms with van der Waals surface area (Å²) in [5, 5.41) is 9.74. The van der Waals surface area contributed by atoms with E-state index in [4.69, 9.17) is 9.97 Å². The van der Waals surface area contributed by atoms with E-state index in [9.17, 15) is 0 Å². The molecule has 4 nitrogen and oxygen atoms in total. The van der Waals surface area contributed by atoms with Crippen LogP contribution in [0.1, 0.15) is 25.0 Å². The van der Waals surface area contributed by atoms with Crippen LogP contribution in [0.25, 0.3) is 110 Å². The summed E-state index contributed by atoms with van der Waals surface area (Å²) >= 11 is 0. The van der Waals surface area contributed by atoms with Crippen molar-refractivity contribution in [3.05, 3.63) is 193 Å². The summed E-state index contributed by atoms with van der Waals surface area (Å²) in [5.74, 6) is 0.827. The van der Waals surface area contributed by atoms with E-state index in [1.54, 1.807) is 0 Å². The average molecular weight is 753 g/mol. The van der Waals surface area contributed by atoms with E-state index in [-0.39, 0.29) is 5.41 Å². The van der Waals surface area contributed by atoms with Gasteiger partial charge in [-0.05, 0) is 111 Å². The molecule has 0 aliphatic heterocycles. The van der Waals surface area contributed by atoms with Crippen molar-refractivity contribution in [2.75, 3.05) is 0 Å². The lowest BCUT2D eigenvalue weighted by Crippen LogP contribution is -2.15. The van der Waals surface area contributed by atoms with Gasteiger partial charge in [0.15, 0.2) is 5.82 Å². The van der Waals surface area contributed by atoms with Crippen molar-refractivity contribution in [2.24, 2.45) is 0 Å². The van der Waals surface area contributed by atoms with Gasteiger partial charge in [0.05, 0.1) is 33.1 Å². The van der Waals surface area contributed by atoms with Crippen LogP contribution < -0.4 is 0 Å². The Bertz CT molecular complexity index is 3770. The van der Waals surface area contributed by atoms with E-state index >= 15 is 0 Å². The van der Waals surface area contributed by atoms with E-state index in [2.05, 4.69) is 193 Å². The third kappa shape index (κ3) is 4.54. The molecule has 0 atom stereocenters. The molecule has 0 saturated carbocycles.